The molecule has 17 heavy (non-hydrogen) atoms. The Balaban J connectivity index is 2.69. The Hall–Kier alpha value is -1.52. The van der Waals surface area contributed by atoms with E-state index in [1.165, 1.54) is 6.21 Å². The van der Waals surface area contributed by atoms with Crippen molar-refractivity contribution in [1.82, 2.24) is 5.16 Å². The largest absolute Gasteiger partial charge is 0.360 e. The molecule has 6 heteroatoms. The fourth-order valence-corrected chi connectivity index (χ4v) is 2.09. The highest BCUT2D eigenvalue weighted by Crippen LogP contribution is 2.35. The first-order valence-electron chi connectivity index (χ1n) is 4.79. The van der Waals surface area contributed by atoms with Gasteiger partial charge in [-0.1, -0.05) is 34.4 Å². The molecule has 0 amide bonds. The molecule has 0 saturated carbocycles. The normalized spacial score (nSPS) is 11.2. The monoisotopic (exact) mass is 269 g/mol. The standard InChI is InChI=1S/C11H9Cl2N3O/c1-6-7(5-15-14)11(16-17-6)10-8(12)3-2-4-9(10)13/h2-5H,14H2,1H3/b15-5-. The predicted octanol–water partition coefficient (Wildman–Crippen LogP) is 3.25. The Morgan fingerprint density at radius 2 is 2.00 bits per heavy atom. The first-order chi connectivity index (χ1) is 8.15. The lowest BCUT2D eigenvalue weighted by Gasteiger charge is -2.03. The number of halogens is 2. The fourth-order valence-electron chi connectivity index (χ4n) is 1.51. The first-order valence-corrected chi connectivity index (χ1v) is 5.54. The van der Waals surface area contributed by atoms with Gasteiger partial charge in [-0.3, -0.25) is 0 Å². The van der Waals surface area contributed by atoms with Gasteiger partial charge in [-0.05, 0) is 19.1 Å². The molecule has 0 unspecified atom stereocenters. The minimum Gasteiger partial charge on any atom is -0.360 e. The second kappa shape index (κ2) is 4.77. The lowest BCUT2D eigenvalue weighted by atomic mass is 10.1. The molecule has 1 heterocycles. The van der Waals surface area contributed by atoms with E-state index in [-0.39, 0.29) is 0 Å². The predicted molar refractivity (Wildman–Crippen MR) is 68.5 cm³/mol. The third kappa shape index (κ3) is 2.14. The maximum Gasteiger partial charge on any atom is 0.143 e. The van der Waals surface area contributed by atoms with E-state index in [0.717, 1.165) is 0 Å². The van der Waals surface area contributed by atoms with Crippen molar-refractivity contribution in [1.29, 1.82) is 0 Å². The Labute approximate surface area is 108 Å². The van der Waals surface area contributed by atoms with Crippen molar-refractivity contribution in [3.05, 3.63) is 39.6 Å². The van der Waals surface area contributed by atoms with Crippen LogP contribution in [0.25, 0.3) is 11.3 Å². The first kappa shape index (κ1) is 12.0. The average Bonchev–Trinajstić information content (AvgIpc) is 2.62. The summed E-state index contributed by atoms with van der Waals surface area (Å²) in [5, 5.41) is 8.40. The molecule has 1 aromatic heterocycles. The summed E-state index contributed by atoms with van der Waals surface area (Å²) in [5.74, 6) is 5.75. The Kier molecular flexibility index (Phi) is 3.36. The van der Waals surface area contributed by atoms with Crippen LogP contribution in [0.3, 0.4) is 0 Å². The van der Waals surface area contributed by atoms with E-state index in [0.29, 0.717) is 32.6 Å². The van der Waals surface area contributed by atoms with Crippen LogP contribution >= 0.6 is 23.2 Å². The van der Waals surface area contributed by atoms with Crippen molar-refractivity contribution in [2.75, 3.05) is 0 Å². The lowest BCUT2D eigenvalue weighted by Crippen LogP contribution is -1.91. The van der Waals surface area contributed by atoms with Crippen LogP contribution in [0.15, 0.2) is 27.8 Å². The Morgan fingerprint density at radius 1 is 1.35 bits per heavy atom. The van der Waals surface area contributed by atoms with Crippen LogP contribution in [0.1, 0.15) is 11.3 Å². The number of hydrogen-bond donors (Lipinski definition) is 1. The SMILES string of the molecule is Cc1onc(-c2c(Cl)cccc2Cl)c1/C=N\N. The molecule has 2 aromatic rings. The molecule has 2 N–H and O–H groups in total. The van der Waals surface area contributed by atoms with Crippen molar-refractivity contribution < 1.29 is 4.52 Å². The molecule has 0 aliphatic rings. The number of nitrogens with two attached hydrogens (primary N) is 1. The molecule has 1 aromatic carbocycles. The minimum absolute atomic E-state index is 0.498. The van der Waals surface area contributed by atoms with Crippen molar-refractivity contribution in [3.8, 4) is 11.3 Å². The number of hydrogen-bond acceptors (Lipinski definition) is 4. The summed E-state index contributed by atoms with van der Waals surface area (Å²) in [7, 11) is 0. The van der Waals surface area contributed by atoms with Gasteiger partial charge >= 0.3 is 0 Å². The summed E-state index contributed by atoms with van der Waals surface area (Å²) in [6.07, 6.45) is 1.46. The van der Waals surface area contributed by atoms with Gasteiger partial charge in [-0.2, -0.15) is 5.10 Å². The van der Waals surface area contributed by atoms with Crippen LogP contribution in [0.4, 0.5) is 0 Å². The summed E-state index contributed by atoms with van der Waals surface area (Å²) in [6.45, 7) is 1.76. The van der Waals surface area contributed by atoms with Gasteiger partial charge in [-0.15, -0.1) is 0 Å². The molecule has 0 atom stereocenters. The highest BCUT2D eigenvalue weighted by Gasteiger charge is 2.18. The molecule has 0 spiro atoms. The topological polar surface area (TPSA) is 64.4 Å². The van der Waals surface area contributed by atoms with Crippen LogP contribution in [0, 0.1) is 6.92 Å². The molecule has 0 aliphatic carbocycles. The van der Waals surface area contributed by atoms with E-state index in [1.807, 2.05) is 0 Å². The number of benzene rings is 1. The maximum absolute atomic E-state index is 6.10. The highest BCUT2D eigenvalue weighted by molar-refractivity contribution is 6.39. The van der Waals surface area contributed by atoms with E-state index in [1.54, 1.807) is 25.1 Å². The molecule has 0 bridgehead atoms. The molecule has 88 valence electrons. The van der Waals surface area contributed by atoms with Crippen LogP contribution < -0.4 is 5.84 Å². The molecule has 0 radical (unpaired) electrons. The van der Waals surface area contributed by atoms with Crippen molar-refractivity contribution in [2.24, 2.45) is 10.9 Å². The summed E-state index contributed by atoms with van der Waals surface area (Å²) < 4.78 is 5.10. The van der Waals surface area contributed by atoms with Crippen molar-refractivity contribution in [3.63, 3.8) is 0 Å². The average molecular weight is 270 g/mol. The highest BCUT2D eigenvalue weighted by atomic mass is 35.5. The van der Waals surface area contributed by atoms with Gasteiger partial charge in [-0.25, -0.2) is 0 Å². The molecule has 0 aliphatic heterocycles. The zero-order chi connectivity index (χ0) is 12.4. The number of hydrazone groups is 1. The Morgan fingerprint density at radius 3 is 2.59 bits per heavy atom. The second-order valence-corrected chi connectivity index (χ2v) is 4.19. The number of aromatic nitrogens is 1. The second-order valence-electron chi connectivity index (χ2n) is 3.38. The molecule has 0 fully saturated rings. The van der Waals surface area contributed by atoms with Crippen LogP contribution in [0.2, 0.25) is 10.0 Å². The third-order valence-corrected chi connectivity index (χ3v) is 2.94. The van der Waals surface area contributed by atoms with Gasteiger partial charge in [0.2, 0.25) is 0 Å². The summed E-state index contributed by atoms with van der Waals surface area (Å²) >= 11 is 12.2. The van der Waals surface area contributed by atoms with Gasteiger partial charge in [0.05, 0.1) is 21.8 Å². The maximum atomic E-state index is 6.10. The molecule has 2 rings (SSSR count). The zero-order valence-corrected chi connectivity index (χ0v) is 10.5. The van der Waals surface area contributed by atoms with Crippen molar-refractivity contribution >= 4 is 29.4 Å². The van der Waals surface area contributed by atoms with Crippen LogP contribution in [0.5, 0.6) is 0 Å². The number of aryl methyl sites for hydroxylation is 1. The molecule has 4 nitrogen and oxygen atoms in total. The minimum atomic E-state index is 0.498. The molecule has 0 saturated heterocycles. The number of nitrogens with zero attached hydrogens (tertiary/aromatic N) is 2. The van der Waals surface area contributed by atoms with Gasteiger partial charge in [0, 0.05) is 5.56 Å². The number of rotatable bonds is 2. The quantitative estimate of drug-likeness (QED) is 0.517. The van der Waals surface area contributed by atoms with Gasteiger partial charge < -0.3 is 10.4 Å². The van der Waals surface area contributed by atoms with E-state index in [9.17, 15) is 0 Å². The van der Waals surface area contributed by atoms with Crippen molar-refractivity contribution in [2.45, 2.75) is 6.92 Å². The van der Waals surface area contributed by atoms with Gasteiger partial charge in [0.25, 0.3) is 0 Å². The lowest BCUT2D eigenvalue weighted by molar-refractivity contribution is 0.399. The van der Waals surface area contributed by atoms with Gasteiger partial charge in [0.15, 0.2) is 0 Å². The van der Waals surface area contributed by atoms with E-state index < -0.39 is 0 Å². The van der Waals surface area contributed by atoms with Crippen LogP contribution in [-0.4, -0.2) is 11.4 Å². The van der Waals surface area contributed by atoms with E-state index >= 15 is 0 Å². The molecular weight excluding hydrogens is 261 g/mol. The van der Waals surface area contributed by atoms with E-state index in [4.69, 9.17) is 33.6 Å². The van der Waals surface area contributed by atoms with Gasteiger partial charge in [0.1, 0.15) is 11.5 Å². The summed E-state index contributed by atoms with van der Waals surface area (Å²) in [5.41, 5.74) is 1.82. The van der Waals surface area contributed by atoms with Crippen LogP contribution in [-0.2, 0) is 0 Å². The fraction of sp³-hybridized carbons (Fsp3) is 0.0909. The smallest absolute Gasteiger partial charge is 0.143 e. The Bertz CT molecular complexity index is 558. The zero-order valence-electron chi connectivity index (χ0n) is 8.95. The van der Waals surface area contributed by atoms with E-state index in [2.05, 4.69) is 10.3 Å². The third-order valence-electron chi connectivity index (χ3n) is 2.31. The molecular formula is C11H9Cl2N3O. The summed E-state index contributed by atoms with van der Waals surface area (Å²) in [4.78, 5) is 0. The summed E-state index contributed by atoms with van der Waals surface area (Å²) in [6, 6.07) is 5.23.